The Kier molecular flexibility index (Phi) is 4.72. The Morgan fingerprint density at radius 3 is 2.58 bits per heavy atom. The number of pyridine rings is 1. The number of H-pyrrole nitrogens is 1. The normalized spacial score (nSPS) is 12.2. The fourth-order valence-corrected chi connectivity index (χ4v) is 4.20. The number of aromatic amines is 1. The molecule has 3 rings (SSSR count). The van der Waals surface area contributed by atoms with Crippen molar-refractivity contribution in [3.05, 3.63) is 57.2 Å². The second-order valence-electron chi connectivity index (χ2n) is 6.60. The van der Waals surface area contributed by atoms with Crippen molar-refractivity contribution < 1.29 is 12.9 Å². The highest BCUT2D eigenvalue weighted by Gasteiger charge is 2.24. The van der Waals surface area contributed by atoms with Crippen LogP contribution in [0.4, 0.5) is 0 Å². The minimum absolute atomic E-state index is 0.0109. The first-order valence-corrected chi connectivity index (χ1v) is 9.76. The molecule has 0 aliphatic carbocycles. The first kappa shape index (κ1) is 18.3. The Morgan fingerprint density at radius 1 is 1.23 bits per heavy atom. The van der Waals surface area contributed by atoms with Crippen LogP contribution < -0.4 is 10.3 Å². The van der Waals surface area contributed by atoms with Gasteiger partial charge in [-0.15, -0.1) is 0 Å². The molecule has 26 heavy (non-hydrogen) atoms. The van der Waals surface area contributed by atoms with Gasteiger partial charge in [-0.2, -0.15) is 0 Å². The van der Waals surface area contributed by atoms with E-state index in [-0.39, 0.29) is 28.5 Å². The van der Waals surface area contributed by atoms with Gasteiger partial charge in [0.05, 0.1) is 0 Å². The second kappa shape index (κ2) is 6.69. The van der Waals surface area contributed by atoms with Gasteiger partial charge in [-0.25, -0.2) is 13.1 Å². The fraction of sp³-hybridized carbons (Fsp3) is 0.333. The number of aromatic nitrogens is 2. The smallest absolute Gasteiger partial charge is 0.252 e. The minimum Gasteiger partial charge on any atom is -0.360 e. The lowest BCUT2D eigenvalue weighted by Crippen LogP contribution is -2.27. The van der Waals surface area contributed by atoms with E-state index in [9.17, 15) is 13.2 Å². The van der Waals surface area contributed by atoms with Crippen molar-refractivity contribution in [3.8, 4) is 0 Å². The predicted molar refractivity (Wildman–Crippen MR) is 98.7 cm³/mol. The molecule has 2 aromatic heterocycles. The van der Waals surface area contributed by atoms with Crippen LogP contribution in [0, 0.1) is 13.8 Å². The van der Waals surface area contributed by atoms with Crippen LogP contribution in [0.25, 0.3) is 10.9 Å². The van der Waals surface area contributed by atoms with Crippen LogP contribution in [-0.4, -0.2) is 18.6 Å². The molecule has 8 heteroatoms. The molecule has 138 valence electrons. The molecule has 0 unspecified atom stereocenters. The van der Waals surface area contributed by atoms with E-state index in [2.05, 4.69) is 28.7 Å². The van der Waals surface area contributed by atoms with E-state index in [0.717, 1.165) is 16.5 Å². The van der Waals surface area contributed by atoms with E-state index in [1.807, 2.05) is 18.2 Å². The summed E-state index contributed by atoms with van der Waals surface area (Å²) < 4.78 is 32.4. The van der Waals surface area contributed by atoms with Crippen LogP contribution in [0.3, 0.4) is 0 Å². The van der Waals surface area contributed by atoms with Gasteiger partial charge in [-0.1, -0.05) is 25.1 Å². The quantitative estimate of drug-likeness (QED) is 0.713. The molecule has 3 aromatic rings. The second-order valence-corrected chi connectivity index (χ2v) is 8.31. The zero-order valence-corrected chi connectivity index (χ0v) is 15.9. The highest BCUT2D eigenvalue weighted by Crippen LogP contribution is 2.21. The molecule has 2 N–H and O–H groups in total. The standard InChI is InChI=1S/C18H21N3O4S/c1-10(2)13-5-6-16-14(7-13)8-15(18(22)20-16)9-19-26(23,24)17-11(3)21-25-12(17)4/h5-8,10,19H,9H2,1-4H3,(H,20,22). The number of benzene rings is 1. The SMILES string of the molecule is Cc1noc(C)c1S(=O)(=O)NCc1cc2cc(C(C)C)ccc2[nH]c1=O. The van der Waals surface area contributed by atoms with Crippen molar-refractivity contribution >= 4 is 20.9 Å². The summed E-state index contributed by atoms with van der Waals surface area (Å²) in [6, 6.07) is 7.56. The van der Waals surface area contributed by atoms with Gasteiger partial charge in [-0.05, 0) is 48.9 Å². The van der Waals surface area contributed by atoms with Crippen LogP contribution >= 0.6 is 0 Å². The Labute approximate surface area is 151 Å². The summed E-state index contributed by atoms with van der Waals surface area (Å²) in [5.41, 5.74) is 2.16. The summed E-state index contributed by atoms with van der Waals surface area (Å²) in [7, 11) is -3.83. The van der Waals surface area contributed by atoms with Gasteiger partial charge in [0.2, 0.25) is 10.0 Å². The number of hydrogen-bond acceptors (Lipinski definition) is 5. The summed E-state index contributed by atoms with van der Waals surface area (Å²) in [6.45, 7) is 7.15. The van der Waals surface area contributed by atoms with Crippen LogP contribution in [0.1, 0.15) is 42.3 Å². The highest BCUT2D eigenvalue weighted by atomic mass is 32.2. The van der Waals surface area contributed by atoms with Gasteiger partial charge < -0.3 is 9.51 Å². The molecule has 0 bridgehead atoms. The molecule has 2 heterocycles. The first-order valence-electron chi connectivity index (χ1n) is 8.27. The van der Waals surface area contributed by atoms with E-state index < -0.39 is 10.0 Å². The first-order chi connectivity index (χ1) is 12.2. The zero-order chi connectivity index (χ0) is 19.1. The van der Waals surface area contributed by atoms with E-state index >= 15 is 0 Å². The molecule has 0 aliphatic rings. The molecular formula is C18H21N3O4S. The third-order valence-corrected chi connectivity index (χ3v) is 5.95. The van der Waals surface area contributed by atoms with Gasteiger partial charge >= 0.3 is 0 Å². The Balaban J connectivity index is 1.93. The fourth-order valence-electron chi connectivity index (χ4n) is 2.86. The maximum atomic E-state index is 12.5. The highest BCUT2D eigenvalue weighted by molar-refractivity contribution is 7.89. The monoisotopic (exact) mass is 375 g/mol. The summed E-state index contributed by atoms with van der Waals surface area (Å²) >= 11 is 0. The molecule has 0 fully saturated rings. The van der Waals surface area contributed by atoms with E-state index in [1.165, 1.54) is 6.92 Å². The molecule has 0 saturated heterocycles. The molecule has 0 radical (unpaired) electrons. The summed E-state index contributed by atoms with van der Waals surface area (Å²) in [6.07, 6.45) is 0. The molecule has 0 amide bonds. The van der Waals surface area contributed by atoms with Crippen LogP contribution in [0.5, 0.6) is 0 Å². The number of fused-ring (bicyclic) bond motifs is 1. The number of nitrogens with one attached hydrogen (secondary N) is 2. The van der Waals surface area contributed by atoms with E-state index in [1.54, 1.807) is 13.0 Å². The molecule has 1 aromatic carbocycles. The maximum absolute atomic E-state index is 12.5. The topological polar surface area (TPSA) is 105 Å². The van der Waals surface area contributed by atoms with E-state index in [4.69, 9.17) is 4.52 Å². The number of hydrogen-bond donors (Lipinski definition) is 2. The average molecular weight is 375 g/mol. The van der Waals surface area contributed by atoms with Crippen molar-refractivity contribution in [2.75, 3.05) is 0 Å². The average Bonchev–Trinajstić information content (AvgIpc) is 2.91. The third-order valence-electron chi connectivity index (χ3n) is 4.30. The maximum Gasteiger partial charge on any atom is 0.252 e. The number of rotatable bonds is 5. The van der Waals surface area contributed by atoms with Gasteiger partial charge in [0.25, 0.3) is 5.56 Å². The Hall–Kier alpha value is -2.45. The molecular weight excluding hydrogens is 354 g/mol. The van der Waals surface area contributed by atoms with Gasteiger partial charge in [0.15, 0.2) is 5.76 Å². The molecule has 0 aliphatic heterocycles. The van der Waals surface area contributed by atoms with Crippen molar-refractivity contribution in [3.63, 3.8) is 0 Å². The predicted octanol–water partition coefficient (Wildman–Crippen LogP) is 2.73. The lowest BCUT2D eigenvalue weighted by Gasteiger charge is -2.09. The number of sulfonamides is 1. The summed E-state index contributed by atoms with van der Waals surface area (Å²) in [5.74, 6) is 0.566. The number of nitrogens with zero attached hydrogens (tertiary/aromatic N) is 1. The Morgan fingerprint density at radius 2 is 1.96 bits per heavy atom. The van der Waals surface area contributed by atoms with Crippen molar-refractivity contribution in [2.45, 2.75) is 45.1 Å². The summed E-state index contributed by atoms with van der Waals surface area (Å²) in [4.78, 5) is 15.1. The summed E-state index contributed by atoms with van der Waals surface area (Å²) in [5, 5.41) is 4.52. The van der Waals surface area contributed by atoms with Crippen molar-refractivity contribution in [2.24, 2.45) is 0 Å². The van der Waals surface area contributed by atoms with Gasteiger partial charge in [-0.3, -0.25) is 4.79 Å². The largest absolute Gasteiger partial charge is 0.360 e. The van der Waals surface area contributed by atoms with Crippen LogP contribution in [0.2, 0.25) is 0 Å². The molecule has 0 saturated carbocycles. The van der Waals surface area contributed by atoms with Crippen LogP contribution in [0.15, 0.2) is 38.5 Å². The van der Waals surface area contributed by atoms with Crippen LogP contribution in [-0.2, 0) is 16.6 Å². The lowest BCUT2D eigenvalue weighted by atomic mass is 10.0. The minimum atomic E-state index is -3.83. The molecule has 0 atom stereocenters. The Bertz CT molecular complexity index is 1110. The van der Waals surface area contributed by atoms with Crippen molar-refractivity contribution in [1.29, 1.82) is 0 Å². The van der Waals surface area contributed by atoms with Gasteiger partial charge in [0.1, 0.15) is 10.6 Å². The van der Waals surface area contributed by atoms with E-state index in [0.29, 0.717) is 11.5 Å². The van der Waals surface area contributed by atoms with Gasteiger partial charge in [0, 0.05) is 17.6 Å². The third kappa shape index (κ3) is 3.42. The number of aryl methyl sites for hydroxylation is 2. The van der Waals surface area contributed by atoms with Crippen molar-refractivity contribution in [1.82, 2.24) is 14.9 Å². The lowest BCUT2D eigenvalue weighted by molar-refractivity contribution is 0.390. The molecule has 7 nitrogen and oxygen atoms in total. The molecule has 0 spiro atoms. The zero-order valence-electron chi connectivity index (χ0n) is 15.1.